The summed E-state index contributed by atoms with van der Waals surface area (Å²) in [6, 6.07) is 16.4. The molecule has 0 saturated carbocycles. The Morgan fingerprint density at radius 1 is 1.09 bits per heavy atom. The molecule has 1 amide bonds. The summed E-state index contributed by atoms with van der Waals surface area (Å²) in [5, 5.41) is 2.89. The van der Waals surface area contributed by atoms with Crippen LogP contribution in [0.4, 0.5) is 4.39 Å². The molecule has 0 saturated heterocycles. The van der Waals surface area contributed by atoms with E-state index in [0.29, 0.717) is 12.1 Å². The largest absolute Gasteiger partial charge is 0.354 e. The number of nitrogens with one attached hydrogen (secondary N) is 1. The van der Waals surface area contributed by atoms with Gasteiger partial charge in [0.05, 0.1) is 12.5 Å². The minimum Gasteiger partial charge on any atom is -0.354 e. The van der Waals surface area contributed by atoms with Crippen LogP contribution in [0.5, 0.6) is 0 Å². The molecule has 0 aliphatic rings. The summed E-state index contributed by atoms with van der Waals surface area (Å²) >= 11 is 0. The lowest BCUT2D eigenvalue weighted by molar-refractivity contribution is -0.120. The van der Waals surface area contributed by atoms with Crippen molar-refractivity contribution < 1.29 is 9.18 Å². The van der Waals surface area contributed by atoms with E-state index in [-0.39, 0.29) is 24.2 Å². The maximum atomic E-state index is 13.6. The first-order valence-corrected chi connectivity index (χ1v) is 7.29. The first kappa shape index (κ1) is 16.2. The van der Waals surface area contributed by atoms with Crippen molar-refractivity contribution in [1.29, 1.82) is 0 Å². The van der Waals surface area contributed by atoms with Gasteiger partial charge < -0.3 is 10.2 Å². The van der Waals surface area contributed by atoms with Gasteiger partial charge in [0, 0.05) is 6.54 Å². The van der Waals surface area contributed by atoms with E-state index in [0.717, 1.165) is 5.56 Å². The molecule has 22 heavy (non-hydrogen) atoms. The van der Waals surface area contributed by atoms with Gasteiger partial charge in [0.25, 0.3) is 0 Å². The van der Waals surface area contributed by atoms with E-state index in [1.165, 1.54) is 6.07 Å². The molecular formula is C18H21FN2O. The van der Waals surface area contributed by atoms with Gasteiger partial charge in [0.15, 0.2) is 0 Å². The summed E-state index contributed by atoms with van der Waals surface area (Å²) in [6.07, 6.45) is 0.0572. The number of amides is 1. The second-order valence-corrected chi connectivity index (χ2v) is 5.46. The zero-order chi connectivity index (χ0) is 15.9. The monoisotopic (exact) mass is 300 g/mol. The van der Waals surface area contributed by atoms with Gasteiger partial charge in [-0.15, -0.1) is 0 Å². The Labute approximate surface area is 130 Å². The molecule has 0 aliphatic heterocycles. The average molecular weight is 300 g/mol. The Hall–Kier alpha value is -2.20. The van der Waals surface area contributed by atoms with Crippen LogP contribution in [0.15, 0.2) is 54.6 Å². The second kappa shape index (κ2) is 7.71. The Morgan fingerprint density at radius 2 is 1.73 bits per heavy atom. The number of likely N-dealkylation sites (N-methyl/N-ethyl adjacent to an activating group) is 1. The lowest BCUT2D eigenvalue weighted by Crippen LogP contribution is -2.35. The van der Waals surface area contributed by atoms with Gasteiger partial charge in [-0.25, -0.2) is 4.39 Å². The van der Waals surface area contributed by atoms with Crippen LogP contribution in [0.3, 0.4) is 0 Å². The maximum absolute atomic E-state index is 13.6. The number of rotatable bonds is 6. The Balaban J connectivity index is 1.95. The summed E-state index contributed by atoms with van der Waals surface area (Å²) in [5.41, 5.74) is 1.56. The molecule has 0 aliphatic carbocycles. The highest BCUT2D eigenvalue weighted by Gasteiger charge is 2.15. The third-order valence-electron chi connectivity index (χ3n) is 3.61. The molecule has 4 heteroatoms. The van der Waals surface area contributed by atoms with E-state index in [9.17, 15) is 9.18 Å². The van der Waals surface area contributed by atoms with Gasteiger partial charge in [0.2, 0.25) is 5.91 Å². The summed E-state index contributed by atoms with van der Waals surface area (Å²) in [5.74, 6) is -0.516. The van der Waals surface area contributed by atoms with Crippen LogP contribution in [0.1, 0.15) is 17.2 Å². The molecule has 0 radical (unpaired) electrons. The van der Waals surface area contributed by atoms with Crippen molar-refractivity contribution in [2.75, 3.05) is 20.6 Å². The summed E-state index contributed by atoms with van der Waals surface area (Å²) in [4.78, 5) is 14.1. The fraction of sp³-hybridized carbons (Fsp3) is 0.278. The molecule has 0 unspecified atom stereocenters. The zero-order valence-electron chi connectivity index (χ0n) is 12.9. The maximum Gasteiger partial charge on any atom is 0.224 e. The zero-order valence-corrected chi connectivity index (χ0v) is 12.9. The van der Waals surface area contributed by atoms with Crippen LogP contribution >= 0.6 is 0 Å². The molecule has 0 aromatic heterocycles. The molecule has 0 bridgehead atoms. The second-order valence-electron chi connectivity index (χ2n) is 5.46. The molecule has 1 N–H and O–H groups in total. The SMILES string of the molecule is CN(C)[C@H](CNC(=O)Cc1ccccc1F)c1ccccc1. The van der Waals surface area contributed by atoms with Gasteiger partial charge in [-0.3, -0.25) is 4.79 Å². The number of hydrogen-bond acceptors (Lipinski definition) is 2. The molecule has 3 nitrogen and oxygen atoms in total. The fourth-order valence-corrected chi connectivity index (χ4v) is 2.36. The molecule has 0 spiro atoms. The van der Waals surface area contributed by atoms with Crippen molar-refractivity contribution in [2.24, 2.45) is 0 Å². The van der Waals surface area contributed by atoms with Gasteiger partial charge in [-0.2, -0.15) is 0 Å². The first-order chi connectivity index (χ1) is 10.6. The number of halogens is 1. The van der Waals surface area contributed by atoms with Gasteiger partial charge in [-0.05, 0) is 31.3 Å². The predicted octanol–water partition coefficient (Wildman–Crippen LogP) is 2.79. The van der Waals surface area contributed by atoms with Gasteiger partial charge in [-0.1, -0.05) is 48.5 Å². The first-order valence-electron chi connectivity index (χ1n) is 7.29. The lowest BCUT2D eigenvalue weighted by Gasteiger charge is -2.25. The van der Waals surface area contributed by atoms with Crippen LogP contribution in [0.2, 0.25) is 0 Å². The molecule has 0 fully saturated rings. The van der Waals surface area contributed by atoms with Crippen LogP contribution in [0, 0.1) is 5.82 Å². The normalized spacial score (nSPS) is 12.2. The van der Waals surface area contributed by atoms with Gasteiger partial charge in [0.1, 0.15) is 5.82 Å². The number of benzene rings is 2. The van der Waals surface area contributed by atoms with E-state index in [1.807, 2.05) is 44.4 Å². The van der Waals surface area contributed by atoms with Crippen LogP contribution < -0.4 is 5.32 Å². The highest BCUT2D eigenvalue weighted by molar-refractivity contribution is 5.78. The Morgan fingerprint density at radius 3 is 2.36 bits per heavy atom. The van der Waals surface area contributed by atoms with E-state index in [4.69, 9.17) is 0 Å². The number of carbonyl (C=O) groups is 1. The third-order valence-corrected chi connectivity index (χ3v) is 3.61. The summed E-state index contributed by atoms with van der Waals surface area (Å²) in [6.45, 7) is 0.490. The molecular weight excluding hydrogens is 279 g/mol. The fourth-order valence-electron chi connectivity index (χ4n) is 2.36. The number of nitrogens with zero attached hydrogens (tertiary/aromatic N) is 1. The van der Waals surface area contributed by atoms with Crippen LogP contribution in [-0.2, 0) is 11.2 Å². The average Bonchev–Trinajstić information content (AvgIpc) is 2.50. The van der Waals surface area contributed by atoms with Crippen LogP contribution in [0.25, 0.3) is 0 Å². The van der Waals surface area contributed by atoms with Crippen molar-refractivity contribution in [1.82, 2.24) is 10.2 Å². The predicted molar refractivity (Wildman–Crippen MR) is 86.0 cm³/mol. The van der Waals surface area contributed by atoms with Crippen LogP contribution in [-0.4, -0.2) is 31.4 Å². The molecule has 1 atom stereocenters. The van der Waals surface area contributed by atoms with Crippen molar-refractivity contribution >= 4 is 5.91 Å². The van der Waals surface area contributed by atoms with Crippen molar-refractivity contribution in [3.05, 3.63) is 71.5 Å². The molecule has 2 aromatic carbocycles. The van der Waals surface area contributed by atoms with E-state index in [2.05, 4.69) is 10.2 Å². The van der Waals surface area contributed by atoms with Crippen molar-refractivity contribution in [3.63, 3.8) is 0 Å². The molecule has 0 heterocycles. The Bertz CT molecular complexity index is 613. The Kier molecular flexibility index (Phi) is 5.67. The van der Waals surface area contributed by atoms with E-state index >= 15 is 0 Å². The number of carbonyl (C=O) groups excluding carboxylic acids is 1. The molecule has 116 valence electrons. The molecule has 2 aromatic rings. The molecule has 2 rings (SSSR count). The quantitative estimate of drug-likeness (QED) is 0.889. The lowest BCUT2D eigenvalue weighted by atomic mass is 10.1. The number of hydrogen-bond donors (Lipinski definition) is 1. The van der Waals surface area contributed by atoms with Crippen molar-refractivity contribution in [3.8, 4) is 0 Å². The minimum atomic E-state index is -0.343. The topological polar surface area (TPSA) is 32.3 Å². The van der Waals surface area contributed by atoms with E-state index in [1.54, 1.807) is 18.2 Å². The van der Waals surface area contributed by atoms with E-state index < -0.39 is 0 Å². The minimum absolute atomic E-state index is 0.0572. The standard InChI is InChI=1S/C18H21FN2O/c1-21(2)17(14-8-4-3-5-9-14)13-20-18(22)12-15-10-6-7-11-16(15)19/h3-11,17H,12-13H2,1-2H3,(H,20,22)/t17-/m1/s1. The van der Waals surface area contributed by atoms with Gasteiger partial charge >= 0.3 is 0 Å². The summed E-state index contributed by atoms with van der Waals surface area (Å²) < 4.78 is 13.6. The summed E-state index contributed by atoms with van der Waals surface area (Å²) in [7, 11) is 3.95. The highest BCUT2D eigenvalue weighted by atomic mass is 19.1. The van der Waals surface area contributed by atoms with Crippen molar-refractivity contribution in [2.45, 2.75) is 12.5 Å². The smallest absolute Gasteiger partial charge is 0.224 e. The third kappa shape index (κ3) is 4.40. The highest BCUT2D eigenvalue weighted by Crippen LogP contribution is 2.16.